The number of ether oxygens (including phenoxy) is 2. The second-order valence-electron chi connectivity index (χ2n) is 5.43. The van der Waals surface area contributed by atoms with Crippen LogP contribution in [0.25, 0.3) is 0 Å². The molecule has 0 fully saturated rings. The van der Waals surface area contributed by atoms with Gasteiger partial charge in [-0.3, -0.25) is 4.79 Å². The molecular weight excluding hydrogens is 368 g/mol. The Kier molecular flexibility index (Phi) is 5.73. The van der Waals surface area contributed by atoms with Gasteiger partial charge in [-0.15, -0.1) is 0 Å². The summed E-state index contributed by atoms with van der Waals surface area (Å²) in [5.41, 5.74) is 1.58. The Morgan fingerprint density at radius 1 is 1.00 bits per heavy atom. The van der Waals surface area contributed by atoms with Crippen molar-refractivity contribution >= 4 is 34.8 Å². The lowest BCUT2D eigenvalue weighted by Crippen LogP contribution is -2.14. The SMILES string of the molecule is COc1cc(NC(=O)c2cnc(Nc3ccccc3)nc2)c(OC)cc1Cl. The highest BCUT2D eigenvalue weighted by molar-refractivity contribution is 6.32. The number of benzene rings is 2. The number of rotatable bonds is 6. The lowest BCUT2D eigenvalue weighted by molar-refractivity contribution is 0.102. The van der Waals surface area contributed by atoms with Crippen LogP contribution in [0.2, 0.25) is 5.02 Å². The van der Waals surface area contributed by atoms with Crippen LogP contribution in [-0.4, -0.2) is 30.1 Å². The minimum atomic E-state index is -0.385. The molecule has 27 heavy (non-hydrogen) atoms. The molecule has 3 aromatic rings. The van der Waals surface area contributed by atoms with E-state index in [-0.39, 0.29) is 5.91 Å². The average Bonchev–Trinajstić information content (AvgIpc) is 2.70. The van der Waals surface area contributed by atoms with Crippen LogP contribution in [0.4, 0.5) is 17.3 Å². The highest BCUT2D eigenvalue weighted by Gasteiger charge is 2.14. The van der Waals surface area contributed by atoms with Crippen LogP contribution in [0.1, 0.15) is 10.4 Å². The van der Waals surface area contributed by atoms with Gasteiger partial charge < -0.3 is 20.1 Å². The zero-order valence-electron chi connectivity index (χ0n) is 14.7. The molecule has 138 valence electrons. The Hall–Kier alpha value is -3.32. The number of para-hydroxylation sites is 1. The molecule has 2 aromatic carbocycles. The summed E-state index contributed by atoms with van der Waals surface area (Å²) < 4.78 is 10.4. The number of anilines is 3. The first kappa shape index (κ1) is 18.5. The van der Waals surface area contributed by atoms with Gasteiger partial charge in [-0.05, 0) is 12.1 Å². The summed E-state index contributed by atoms with van der Waals surface area (Å²) in [5, 5.41) is 6.18. The van der Waals surface area contributed by atoms with E-state index in [1.165, 1.54) is 26.6 Å². The first-order valence-corrected chi connectivity index (χ1v) is 8.35. The van der Waals surface area contributed by atoms with E-state index in [0.29, 0.717) is 33.7 Å². The molecule has 1 heterocycles. The van der Waals surface area contributed by atoms with Gasteiger partial charge in [0.2, 0.25) is 5.95 Å². The van der Waals surface area contributed by atoms with Crippen molar-refractivity contribution in [3.05, 3.63) is 65.4 Å². The number of hydrogen-bond acceptors (Lipinski definition) is 6. The number of nitrogens with one attached hydrogen (secondary N) is 2. The van der Waals surface area contributed by atoms with Gasteiger partial charge in [0.25, 0.3) is 5.91 Å². The molecule has 0 saturated carbocycles. The molecule has 2 N–H and O–H groups in total. The summed E-state index contributed by atoms with van der Waals surface area (Å²) in [7, 11) is 2.98. The molecule has 3 rings (SSSR count). The Balaban J connectivity index is 1.75. The van der Waals surface area contributed by atoms with Crippen LogP contribution < -0.4 is 20.1 Å². The number of halogens is 1. The van der Waals surface area contributed by atoms with Gasteiger partial charge in [0, 0.05) is 30.2 Å². The van der Waals surface area contributed by atoms with Crippen molar-refractivity contribution in [2.24, 2.45) is 0 Å². The maximum atomic E-state index is 12.5. The van der Waals surface area contributed by atoms with Crippen LogP contribution >= 0.6 is 11.6 Å². The first-order chi connectivity index (χ1) is 13.1. The van der Waals surface area contributed by atoms with Gasteiger partial charge in [0.05, 0.1) is 30.5 Å². The summed E-state index contributed by atoms with van der Waals surface area (Å²) in [4.78, 5) is 20.8. The monoisotopic (exact) mass is 384 g/mol. The van der Waals surface area contributed by atoms with Gasteiger partial charge >= 0.3 is 0 Å². The molecule has 1 aromatic heterocycles. The van der Waals surface area contributed by atoms with E-state index in [4.69, 9.17) is 21.1 Å². The molecule has 0 spiro atoms. The second-order valence-corrected chi connectivity index (χ2v) is 5.83. The van der Waals surface area contributed by atoms with Gasteiger partial charge in [-0.25, -0.2) is 9.97 Å². The standard InChI is InChI=1S/C19H17ClN4O3/c1-26-16-9-15(17(27-2)8-14(16)20)24-18(25)12-10-21-19(22-11-12)23-13-6-4-3-5-7-13/h3-11H,1-2H3,(H,24,25)(H,21,22,23). The van der Waals surface area contributed by atoms with E-state index in [0.717, 1.165) is 5.69 Å². The number of carbonyl (C=O) groups is 1. The minimum absolute atomic E-state index is 0.296. The molecule has 7 nitrogen and oxygen atoms in total. The van der Waals surface area contributed by atoms with E-state index in [2.05, 4.69) is 20.6 Å². The molecule has 0 saturated heterocycles. The normalized spacial score (nSPS) is 10.2. The minimum Gasteiger partial charge on any atom is -0.495 e. The summed E-state index contributed by atoms with van der Waals surface area (Å²) in [6.45, 7) is 0. The van der Waals surface area contributed by atoms with Crippen molar-refractivity contribution in [2.45, 2.75) is 0 Å². The van der Waals surface area contributed by atoms with E-state index in [1.807, 2.05) is 30.3 Å². The van der Waals surface area contributed by atoms with Crippen molar-refractivity contribution in [3.8, 4) is 11.5 Å². The fourth-order valence-electron chi connectivity index (χ4n) is 2.31. The number of aromatic nitrogens is 2. The smallest absolute Gasteiger partial charge is 0.258 e. The van der Waals surface area contributed by atoms with Crippen molar-refractivity contribution in [1.82, 2.24) is 9.97 Å². The van der Waals surface area contributed by atoms with E-state index in [9.17, 15) is 4.79 Å². The number of nitrogens with zero attached hydrogens (tertiary/aromatic N) is 2. The predicted molar refractivity (Wildman–Crippen MR) is 104 cm³/mol. The Morgan fingerprint density at radius 3 is 2.30 bits per heavy atom. The topological polar surface area (TPSA) is 85.4 Å². The number of methoxy groups -OCH3 is 2. The highest BCUT2D eigenvalue weighted by Crippen LogP contribution is 2.36. The second kappa shape index (κ2) is 8.37. The fourth-order valence-corrected chi connectivity index (χ4v) is 2.54. The zero-order chi connectivity index (χ0) is 19.2. The average molecular weight is 385 g/mol. The molecule has 8 heteroatoms. The van der Waals surface area contributed by atoms with Gasteiger partial charge in [-0.2, -0.15) is 0 Å². The Morgan fingerprint density at radius 2 is 1.67 bits per heavy atom. The molecule has 0 atom stereocenters. The van der Waals surface area contributed by atoms with E-state index < -0.39 is 0 Å². The molecular formula is C19H17ClN4O3. The maximum absolute atomic E-state index is 12.5. The lowest BCUT2D eigenvalue weighted by Gasteiger charge is -2.13. The van der Waals surface area contributed by atoms with E-state index >= 15 is 0 Å². The lowest BCUT2D eigenvalue weighted by atomic mass is 10.2. The van der Waals surface area contributed by atoms with Crippen LogP contribution in [0, 0.1) is 0 Å². The summed E-state index contributed by atoms with van der Waals surface area (Å²) in [5.74, 6) is 0.844. The predicted octanol–water partition coefficient (Wildman–Crippen LogP) is 4.14. The molecule has 0 aliphatic carbocycles. The third-order valence-corrected chi connectivity index (χ3v) is 3.96. The zero-order valence-corrected chi connectivity index (χ0v) is 15.4. The number of hydrogen-bond donors (Lipinski definition) is 2. The van der Waals surface area contributed by atoms with Crippen molar-refractivity contribution in [1.29, 1.82) is 0 Å². The third kappa shape index (κ3) is 4.45. The first-order valence-electron chi connectivity index (χ1n) is 7.97. The maximum Gasteiger partial charge on any atom is 0.258 e. The van der Waals surface area contributed by atoms with Gasteiger partial charge in [0.1, 0.15) is 11.5 Å². The molecule has 0 bridgehead atoms. The molecule has 0 aliphatic rings. The van der Waals surface area contributed by atoms with Crippen molar-refractivity contribution < 1.29 is 14.3 Å². The van der Waals surface area contributed by atoms with Gasteiger partial charge in [-0.1, -0.05) is 29.8 Å². The number of amides is 1. The van der Waals surface area contributed by atoms with Crippen LogP contribution in [0.3, 0.4) is 0 Å². The molecule has 0 unspecified atom stereocenters. The largest absolute Gasteiger partial charge is 0.495 e. The third-order valence-electron chi connectivity index (χ3n) is 3.67. The number of carbonyl (C=O) groups excluding carboxylic acids is 1. The van der Waals surface area contributed by atoms with Crippen LogP contribution in [-0.2, 0) is 0 Å². The molecule has 0 aliphatic heterocycles. The van der Waals surface area contributed by atoms with Crippen molar-refractivity contribution in [3.63, 3.8) is 0 Å². The Labute approximate surface area is 161 Å². The van der Waals surface area contributed by atoms with E-state index in [1.54, 1.807) is 12.1 Å². The summed E-state index contributed by atoms with van der Waals surface area (Å²) >= 11 is 6.07. The molecule has 1 amide bonds. The summed E-state index contributed by atoms with van der Waals surface area (Å²) in [6, 6.07) is 12.7. The van der Waals surface area contributed by atoms with Crippen LogP contribution in [0.15, 0.2) is 54.9 Å². The Bertz CT molecular complexity index is 934. The molecule has 0 radical (unpaired) electrons. The highest BCUT2D eigenvalue weighted by atomic mass is 35.5. The van der Waals surface area contributed by atoms with Gasteiger partial charge in [0.15, 0.2) is 0 Å². The van der Waals surface area contributed by atoms with Crippen molar-refractivity contribution in [2.75, 3.05) is 24.9 Å². The summed E-state index contributed by atoms with van der Waals surface area (Å²) in [6.07, 6.45) is 2.88. The fraction of sp³-hybridized carbons (Fsp3) is 0.105. The quantitative estimate of drug-likeness (QED) is 0.664. The van der Waals surface area contributed by atoms with Crippen LogP contribution in [0.5, 0.6) is 11.5 Å².